The molecule has 0 saturated heterocycles. The Hall–Kier alpha value is -3.06. The van der Waals surface area contributed by atoms with E-state index in [0.717, 1.165) is 11.1 Å². The van der Waals surface area contributed by atoms with Gasteiger partial charge < -0.3 is 14.8 Å². The molecular formula is C19H18ClN3O4. The zero-order chi connectivity index (χ0) is 19.2. The second-order valence-electron chi connectivity index (χ2n) is 5.91. The highest BCUT2D eigenvalue weighted by atomic mass is 35.5. The second-order valence-corrected chi connectivity index (χ2v) is 6.35. The Morgan fingerprint density at radius 2 is 1.89 bits per heavy atom. The fraction of sp³-hybridized carbons (Fsp3) is 0.211. The van der Waals surface area contributed by atoms with Crippen LogP contribution in [0.1, 0.15) is 24.0 Å². The highest BCUT2D eigenvalue weighted by Crippen LogP contribution is 2.31. The summed E-state index contributed by atoms with van der Waals surface area (Å²) in [7, 11) is 0. The lowest BCUT2D eigenvalue weighted by Gasteiger charge is -2.08. The molecule has 140 valence electrons. The maximum Gasteiger partial charge on any atom is 0.240 e. The van der Waals surface area contributed by atoms with Gasteiger partial charge in [-0.25, -0.2) is 5.43 Å². The van der Waals surface area contributed by atoms with Crippen molar-refractivity contribution in [1.29, 1.82) is 0 Å². The average Bonchev–Trinajstić information content (AvgIpc) is 3.10. The summed E-state index contributed by atoms with van der Waals surface area (Å²) in [5.74, 6) is 0.711. The van der Waals surface area contributed by atoms with Gasteiger partial charge in [0.2, 0.25) is 18.6 Å². The molecule has 0 fully saturated rings. The van der Waals surface area contributed by atoms with Crippen molar-refractivity contribution in [3.8, 4) is 11.5 Å². The van der Waals surface area contributed by atoms with Gasteiger partial charge in [0.15, 0.2) is 11.5 Å². The van der Waals surface area contributed by atoms with Gasteiger partial charge in [-0.05, 0) is 54.4 Å². The van der Waals surface area contributed by atoms with E-state index in [4.69, 9.17) is 21.1 Å². The van der Waals surface area contributed by atoms with Gasteiger partial charge >= 0.3 is 0 Å². The number of carbonyl (C=O) groups is 2. The number of hydrogen-bond donors (Lipinski definition) is 2. The van der Waals surface area contributed by atoms with Gasteiger partial charge in [-0.3, -0.25) is 9.59 Å². The lowest BCUT2D eigenvalue weighted by Crippen LogP contribution is -2.20. The lowest BCUT2D eigenvalue weighted by molar-refractivity contribution is -0.124. The molecule has 0 saturated carbocycles. The summed E-state index contributed by atoms with van der Waals surface area (Å²) in [6, 6.07) is 10.5. The van der Waals surface area contributed by atoms with Crippen molar-refractivity contribution in [3.63, 3.8) is 0 Å². The lowest BCUT2D eigenvalue weighted by atomic mass is 10.2. The fourth-order valence-electron chi connectivity index (χ4n) is 2.44. The van der Waals surface area contributed by atoms with Crippen LogP contribution in [0.25, 0.3) is 0 Å². The zero-order valence-corrected chi connectivity index (χ0v) is 15.4. The third-order valence-corrected chi connectivity index (χ3v) is 4.08. The number of benzene rings is 2. The summed E-state index contributed by atoms with van der Waals surface area (Å²) in [6.07, 6.45) is 1.57. The Kier molecular flexibility index (Phi) is 5.93. The third-order valence-electron chi connectivity index (χ3n) is 3.84. The van der Waals surface area contributed by atoms with Crippen LogP contribution in [0.5, 0.6) is 11.5 Å². The molecule has 0 aliphatic carbocycles. The summed E-state index contributed by atoms with van der Waals surface area (Å²) >= 11 is 5.88. The van der Waals surface area contributed by atoms with Crippen LogP contribution in [0.4, 0.5) is 5.69 Å². The predicted molar refractivity (Wildman–Crippen MR) is 102 cm³/mol. The SMILES string of the molecule is Cc1cc(Cl)ccc1NC(=O)CCC(=O)N/N=C/c1ccc2c(c1)OCO2. The van der Waals surface area contributed by atoms with E-state index in [9.17, 15) is 9.59 Å². The van der Waals surface area contributed by atoms with E-state index in [1.165, 1.54) is 6.21 Å². The second kappa shape index (κ2) is 8.55. The van der Waals surface area contributed by atoms with Gasteiger partial charge in [0.05, 0.1) is 6.21 Å². The first-order valence-corrected chi connectivity index (χ1v) is 8.66. The summed E-state index contributed by atoms with van der Waals surface area (Å²) < 4.78 is 10.5. The van der Waals surface area contributed by atoms with Crippen LogP contribution in [0.2, 0.25) is 5.02 Å². The third kappa shape index (κ3) is 5.21. The highest BCUT2D eigenvalue weighted by Gasteiger charge is 2.12. The largest absolute Gasteiger partial charge is 0.454 e. The van der Waals surface area contributed by atoms with Gasteiger partial charge in [0.1, 0.15) is 0 Å². The molecule has 1 heterocycles. The number of ether oxygens (including phenoxy) is 2. The molecule has 0 bridgehead atoms. The van der Waals surface area contributed by atoms with E-state index in [1.54, 1.807) is 36.4 Å². The minimum Gasteiger partial charge on any atom is -0.454 e. The van der Waals surface area contributed by atoms with Crippen molar-refractivity contribution in [2.45, 2.75) is 19.8 Å². The molecule has 2 aromatic rings. The summed E-state index contributed by atoms with van der Waals surface area (Å²) in [6.45, 7) is 2.04. The minimum atomic E-state index is -0.352. The molecule has 1 aliphatic rings. The van der Waals surface area contributed by atoms with Crippen molar-refractivity contribution in [3.05, 3.63) is 52.5 Å². The highest BCUT2D eigenvalue weighted by molar-refractivity contribution is 6.30. The molecule has 8 heteroatoms. The first-order valence-electron chi connectivity index (χ1n) is 8.29. The molecule has 27 heavy (non-hydrogen) atoms. The molecule has 0 radical (unpaired) electrons. The molecule has 2 amide bonds. The summed E-state index contributed by atoms with van der Waals surface area (Å²) in [5.41, 5.74) is 4.68. The summed E-state index contributed by atoms with van der Waals surface area (Å²) in [4.78, 5) is 23.8. The Morgan fingerprint density at radius 1 is 1.11 bits per heavy atom. The predicted octanol–water partition coefficient (Wildman–Crippen LogP) is 3.25. The molecule has 0 spiro atoms. The molecule has 2 aromatic carbocycles. The molecule has 0 unspecified atom stereocenters. The van der Waals surface area contributed by atoms with E-state index in [0.29, 0.717) is 22.2 Å². The molecule has 1 aliphatic heterocycles. The molecule has 0 aromatic heterocycles. The average molecular weight is 388 g/mol. The molecule has 7 nitrogen and oxygen atoms in total. The van der Waals surface area contributed by atoms with Crippen LogP contribution >= 0.6 is 11.6 Å². The number of aryl methyl sites for hydroxylation is 1. The van der Waals surface area contributed by atoms with E-state index >= 15 is 0 Å². The zero-order valence-electron chi connectivity index (χ0n) is 14.6. The van der Waals surface area contributed by atoms with Crippen LogP contribution in [0, 0.1) is 6.92 Å². The van der Waals surface area contributed by atoms with Crippen molar-refractivity contribution in [2.24, 2.45) is 5.10 Å². The van der Waals surface area contributed by atoms with Crippen LogP contribution in [-0.2, 0) is 9.59 Å². The normalized spacial score (nSPS) is 12.2. The van der Waals surface area contributed by atoms with E-state index in [2.05, 4.69) is 15.8 Å². The first kappa shape index (κ1) is 18.7. The van der Waals surface area contributed by atoms with Gasteiger partial charge in [-0.15, -0.1) is 0 Å². The Labute approximate surface area is 161 Å². The monoisotopic (exact) mass is 387 g/mol. The van der Waals surface area contributed by atoms with Crippen molar-refractivity contribution < 1.29 is 19.1 Å². The number of hydrazone groups is 1. The van der Waals surface area contributed by atoms with Crippen LogP contribution < -0.4 is 20.2 Å². The van der Waals surface area contributed by atoms with Crippen molar-refractivity contribution in [1.82, 2.24) is 5.43 Å². The number of anilines is 1. The molecule has 2 N–H and O–H groups in total. The standard InChI is InChI=1S/C19H18ClN3O4/c1-12-8-14(20)3-4-15(12)22-18(24)6-7-19(25)23-21-10-13-2-5-16-17(9-13)27-11-26-16/h2-5,8-10H,6-7,11H2,1H3,(H,22,24)(H,23,25)/b21-10+. The van der Waals surface area contributed by atoms with Gasteiger partial charge in [0.25, 0.3) is 0 Å². The smallest absolute Gasteiger partial charge is 0.240 e. The first-order chi connectivity index (χ1) is 13.0. The van der Waals surface area contributed by atoms with E-state index in [1.807, 2.05) is 6.92 Å². The number of hydrogen-bond acceptors (Lipinski definition) is 5. The molecule has 0 atom stereocenters. The maximum absolute atomic E-state index is 12.0. The van der Waals surface area contributed by atoms with Crippen LogP contribution in [-0.4, -0.2) is 24.8 Å². The Morgan fingerprint density at radius 3 is 2.70 bits per heavy atom. The number of halogens is 1. The van der Waals surface area contributed by atoms with Gasteiger partial charge in [0, 0.05) is 23.6 Å². The van der Waals surface area contributed by atoms with Gasteiger partial charge in [-0.1, -0.05) is 11.6 Å². The van der Waals surface area contributed by atoms with Gasteiger partial charge in [-0.2, -0.15) is 5.10 Å². The van der Waals surface area contributed by atoms with E-state index < -0.39 is 0 Å². The number of rotatable bonds is 6. The minimum absolute atomic E-state index is 0.0248. The fourth-order valence-corrected chi connectivity index (χ4v) is 2.66. The number of carbonyl (C=O) groups excluding carboxylic acids is 2. The van der Waals surface area contributed by atoms with Crippen LogP contribution in [0.15, 0.2) is 41.5 Å². The number of nitrogens with zero attached hydrogens (tertiary/aromatic N) is 1. The topological polar surface area (TPSA) is 89.0 Å². The molecular weight excluding hydrogens is 370 g/mol. The van der Waals surface area contributed by atoms with Crippen LogP contribution in [0.3, 0.4) is 0 Å². The maximum atomic E-state index is 12.0. The summed E-state index contributed by atoms with van der Waals surface area (Å²) in [5, 5.41) is 7.24. The van der Waals surface area contributed by atoms with E-state index in [-0.39, 0.29) is 31.4 Å². The number of nitrogens with one attached hydrogen (secondary N) is 2. The van der Waals surface area contributed by atoms with Crippen molar-refractivity contribution in [2.75, 3.05) is 12.1 Å². The Bertz CT molecular complexity index is 899. The Balaban J connectivity index is 1.43. The quantitative estimate of drug-likeness (QED) is 0.588. The number of amides is 2. The number of fused-ring (bicyclic) bond motifs is 1. The van der Waals surface area contributed by atoms with Crippen molar-refractivity contribution >= 4 is 35.3 Å². The molecule has 3 rings (SSSR count).